The molecule has 0 radical (unpaired) electrons. The van der Waals surface area contributed by atoms with E-state index in [0.717, 1.165) is 16.9 Å². The highest BCUT2D eigenvalue weighted by Gasteiger charge is 2.04. The Balaban J connectivity index is 1.74. The van der Waals surface area contributed by atoms with E-state index in [1.807, 2.05) is 42.0 Å². The number of aromatic nitrogens is 4. The van der Waals surface area contributed by atoms with Crippen molar-refractivity contribution in [2.45, 2.75) is 6.92 Å². The van der Waals surface area contributed by atoms with E-state index in [2.05, 4.69) is 25.6 Å². The molecule has 0 bridgehead atoms. The molecule has 3 aromatic rings. The maximum Gasteiger partial charge on any atom is 0.229 e. The van der Waals surface area contributed by atoms with Gasteiger partial charge in [0, 0.05) is 42.1 Å². The van der Waals surface area contributed by atoms with Gasteiger partial charge in [-0.05, 0) is 31.2 Å². The van der Waals surface area contributed by atoms with Crippen LogP contribution in [0, 0.1) is 6.92 Å². The second-order valence-corrected chi connectivity index (χ2v) is 5.02. The molecule has 7 heteroatoms. The average molecular weight is 310 g/mol. The highest BCUT2D eigenvalue weighted by Crippen LogP contribution is 2.18. The fraction of sp³-hybridized carbons (Fsp3) is 0.188. The molecule has 23 heavy (non-hydrogen) atoms. The van der Waals surface area contributed by atoms with Crippen molar-refractivity contribution >= 4 is 17.5 Å². The normalized spacial score (nSPS) is 10.5. The van der Waals surface area contributed by atoms with E-state index in [9.17, 15) is 0 Å². The molecule has 118 valence electrons. The summed E-state index contributed by atoms with van der Waals surface area (Å²) >= 11 is 0. The molecule has 0 saturated carbocycles. The fourth-order valence-electron chi connectivity index (χ4n) is 2.11. The summed E-state index contributed by atoms with van der Waals surface area (Å²) in [5.41, 5.74) is 2.86. The monoisotopic (exact) mass is 310 g/mol. The van der Waals surface area contributed by atoms with Gasteiger partial charge in [0.15, 0.2) is 0 Å². The van der Waals surface area contributed by atoms with Crippen LogP contribution < -0.4 is 10.6 Å². The van der Waals surface area contributed by atoms with Gasteiger partial charge in [0.25, 0.3) is 0 Å². The van der Waals surface area contributed by atoms with Crippen molar-refractivity contribution in [2.75, 3.05) is 23.8 Å². The van der Waals surface area contributed by atoms with Gasteiger partial charge in [-0.2, -0.15) is 4.98 Å². The zero-order valence-electron chi connectivity index (χ0n) is 12.8. The van der Waals surface area contributed by atoms with Gasteiger partial charge in [-0.3, -0.25) is 0 Å². The van der Waals surface area contributed by atoms with Gasteiger partial charge >= 0.3 is 0 Å². The van der Waals surface area contributed by atoms with Crippen molar-refractivity contribution in [3.63, 3.8) is 0 Å². The number of rotatable bonds is 6. The number of benzene rings is 1. The molecular formula is C16H18N6O. The van der Waals surface area contributed by atoms with Crippen LogP contribution in [0.15, 0.2) is 49.2 Å². The Morgan fingerprint density at radius 2 is 2.04 bits per heavy atom. The van der Waals surface area contributed by atoms with Crippen LogP contribution in [0.5, 0.6) is 0 Å². The summed E-state index contributed by atoms with van der Waals surface area (Å²) in [5, 5.41) is 15.1. The molecule has 0 aliphatic heterocycles. The molecule has 3 N–H and O–H groups in total. The first kappa shape index (κ1) is 15.0. The number of aliphatic hydroxyl groups excluding tert-OH is 1. The predicted molar refractivity (Wildman–Crippen MR) is 89.2 cm³/mol. The van der Waals surface area contributed by atoms with E-state index >= 15 is 0 Å². The van der Waals surface area contributed by atoms with E-state index < -0.39 is 0 Å². The van der Waals surface area contributed by atoms with Gasteiger partial charge in [-0.15, -0.1) is 0 Å². The van der Waals surface area contributed by atoms with E-state index in [1.54, 1.807) is 18.7 Å². The molecule has 7 nitrogen and oxygen atoms in total. The fourth-order valence-corrected chi connectivity index (χ4v) is 2.11. The first-order chi connectivity index (χ1) is 11.3. The minimum absolute atomic E-state index is 0.0575. The molecule has 2 aromatic heterocycles. The van der Waals surface area contributed by atoms with Gasteiger partial charge in [0.05, 0.1) is 12.9 Å². The molecule has 0 spiro atoms. The number of hydrogen-bond acceptors (Lipinski definition) is 6. The molecule has 0 saturated heterocycles. The van der Waals surface area contributed by atoms with Crippen molar-refractivity contribution in [3.05, 3.63) is 54.7 Å². The minimum atomic E-state index is 0.0575. The summed E-state index contributed by atoms with van der Waals surface area (Å²) < 4.78 is 1.93. The van der Waals surface area contributed by atoms with Crippen LogP contribution in [0.4, 0.5) is 17.5 Å². The van der Waals surface area contributed by atoms with Crippen LogP contribution in [0.25, 0.3) is 5.69 Å². The maximum absolute atomic E-state index is 8.90. The minimum Gasteiger partial charge on any atom is -0.395 e. The summed E-state index contributed by atoms with van der Waals surface area (Å²) in [6.45, 7) is 2.43. The lowest BCUT2D eigenvalue weighted by Crippen LogP contribution is -2.10. The molecule has 0 unspecified atom stereocenters. The Hall–Kier alpha value is -2.93. The number of aryl methyl sites for hydroxylation is 1. The van der Waals surface area contributed by atoms with Crippen LogP contribution in [0.3, 0.4) is 0 Å². The summed E-state index contributed by atoms with van der Waals surface area (Å²) in [4.78, 5) is 12.7. The van der Waals surface area contributed by atoms with Gasteiger partial charge in [0.1, 0.15) is 5.82 Å². The van der Waals surface area contributed by atoms with Gasteiger partial charge in [0.2, 0.25) is 5.95 Å². The zero-order chi connectivity index (χ0) is 16.1. The molecule has 0 aliphatic rings. The smallest absolute Gasteiger partial charge is 0.229 e. The maximum atomic E-state index is 8.90. The molecule has 0 atom stereocenters. The lowest BCUT2D eigenvalue weighted by Gasteiger charge is -2.10. The first-order valence-electron chi connectivity index (χ1n) is 7.30. The van der Waals surface area contributed by atoms with Crippen molar-refractivity contribution in [2.24, 2.45) is 0 Å². The zero-order valence-corrected chi connectivity index (χ0v) is 12.8. The van der Waals surface area contributed by atoms with Gasteiger partial charge in [-0.25, -0.2) is 9.97 Å². The third-order valence-corrected chi connectivity index (χ3v) is 3.30. The molecule has 0 amide bonds. The second kappa shape index (κ2) is 6.89. The number of hydrogen-bond donors (Lipinski definition) is 3. The Morgan fingerprint density at radius 1 is 1.22 bits per heavy atom. The Kier molecular flexibility index (Phi) is 4.49. The van der Waals surface area contributed by atoms with Crippen LogP contribution in [-0.2, 0) is 0 Å². The van der Waals surface area contributed by atoms with E-state index in [1.165, 1.54) is 0 Å². The summed E-state index contributed by atoms with van der Waals surface area (Å²) in [7, 11) is 0. The standard InChI is InChI=1S/C16H18N6O/c1-12-10-19-16(21-15(12)18-7-9-23)20-13-2-4-14(5-3-13)22-8-6-17-11-22/h2-6,8,10-11,23H,7,9H2,1H3,(H2,18,19,20,21). The first-order valence-corrected chi connectivity index (χ1v) is 7.30. The highest BCUT2D eigenvalue weighted by atomic mass is 16.3. The predicted octanol–water partition coefficient (Wildman–Crippen LogP) is 2.12. The molecule has 3 rings (SSSR count). The number of nitrogens with zero attached hydrogens (tertiary/aromatic N) is 4. The number of imidazole rings is 1. The third-order valence-electron chi connectivity index (χ3n) is 3.30. The quantitative estimate of drug-likeness (QED) is 0.646. The average Bonchev–Trinajstić information content (AvgIpc) is 3.10. The molecule has 0 fully saturated rings. The lowest BCUT2D eigenvalue weighted by atomic mass is 10.3. The van der Waals surface area contributed by atoms with E-state index in [4.69, 9.17) is 5.11 Å². The van der Waals surface area contributed by atoms with Crippen LogP contribution in [0.2, 0.25) is 0 Å². The largest absolute Gasteiger partial charge is 0.395 e. The Morgan fingerprint density at radius 3 is 2.74 bits per heavy atom. The van der Waals surface area contributed by atoms with E-state index in [-0.39, 0.29) is 6.61 Å². The summed E-state index contributed by atoms with van der Waals surface area (Å²) in [6.07, 6.45) is 7.14. The molecule has 0 aliphatic carbocycles. The van der Waals surface area contributed by atoms with Crippen molar-refractivity contribution in [3.8, 4) is 5.69 Å². The highest BCUT2D eigenvalue weighted by molar-refractivity contribution is 5.57. The number of anilines is 3. The van der Waals surface area contributed by atoms with Crippen LogP contribution in [0.1, 0.15) is 5.56 Å². The summed E-state index contributed by atoms with van der Waals surface area (Å²) in [6, 6.07) is 7.89. The van der Waals surface area contributed by atoms with Crippen molar-refractivity contribution < 1.29 is 5.11 Å². The van der Waals surface area contributed by atoms with Crippen LogP contribution in [-0.4, -0.2) is 37.8 Å². The van der Waals surface area contributed by atoms with E-state index in [0.29, 0.717) is 18.3 Å². The van der Waals surface area contributed by atoms with Gasteiger partial charge in [-0.1, -0.05) is 0 Å². The third kappa shape index (κ3) is 3.64. The Labute approximate surface area is 134 Å². The molecular weight excluding hydrogens is 292 g/mol. The van der Waals surface area contributed by atoms with Gasteiger partial charge < -0.3 is 20.3 Å². The lowest BCUT2D eigenvalue weighted by molar-refractivity contribution is 0.311. The Bertz CT molecular complexity index is 755. The second-order valence-electron chi connectivity index (χ2n) is 5.02. The SMILES string of the molecule is Cc1cnc(Nc2ccc(-n3ccnc3)cc2)nc1NCCO. The van der Waals surface area contributed by atoms with Crippen molar-refractivity contribution in [1.29, 1.82) is 0 Å². The number of aliphatic hydroxyl groups is 1. The van der Waals surface area contributed by atoms with Crippen molar-refractivity contribution in [1.82, 2.24) is 19.5 Å². The topological polar surface area (TPSA) is 87.9 Å². The van der Waals surface area contributed by atoms with Crippen LogP contribution >= 0.6 is 0 Å². The number of nitrogens with one attached hydrogen (secondary N) is 2. The molecule has 2 heterocycles. The summed E-state index contributed by atoms with van der Waals surface area (Å²) in [5.74, 6) is 1.22. The molecule has 1 aromatic carbocycles.